The van der Waals surface area contributed by atoms with Gasteiger partial charge in [-0.15, -0.1) is 0 Å². The smallest absolute Gasteiger partial charge is 1.00 e. The third-order valence-corrected chi connectivity index (χ3v) is 3.16. The minimum absolute atomic E-state index is 0. The molecule has 0 aliphatic heterocycles. The summed E-state index contributed by atoms with van der Waals surface area (Å²) in [6.07, 6.45) is 3.27. The van der Waals surface area contributed by atoms with Crippen molar-refractivity contribution in [3.8, 4) is 0 Å². The Kier molecular flexibility index (Phi) is 4.27. The zero-order valence-electron chi connectivity index (χ0n) is 11.4. The number of pyridine rings is 1. The van der Waals surface area contributed by atoms with Gasteiger partial charge in [0.05, 0.1) is 5.52 Å². The fourth-order valence-electron chi connectivity index (χ4n) is 2.13. The van der Waals surface area contributed by atoms with E-state index in [0.29, 0.717) is 5.52 Å². The molecular formula is C13H11FKNO3. The van der Waals surface area contributed by atoms with Crippen LogP contribution in [0, 0.1) is 5.82 Å². The molecule has 0 saturated heterocycles. The monoisotopic (exact) mass is 287 g/mol. The van der Waals surface area contributed by atoms with Gasteiger partial charge >= 0.3 is 57.4 Å². The van der Waals surface area contributed by atoms with E-state index >= 15 is 0 Å². The van der Waals surface area contributed by atoms with Gasteiger partial charge in [0.25, 0.3) is 0 Å². The van der Waals surface area contributed by atoms with E-state index in [9.17, 15) is 14.0 Å². The fraction of sp³-hybridized carbons (Fsp3) is 0.231. The second-order valence-corrected chi connectivity index (χ2v) is 4.48. The number of carboxylic acid groups (broad SMARTS) is 1. The molecule has 0 atom stereocenters. The van der Waals surface area contributed by atoms with Crippen LogP contribution in [0.4, 0.5) is 4.39 Å². The van der Waals surface area contributed by atoms with Crippen LogP contribution in [0.3, 0.4) is 0 Å². The van der Waals surface area contributed by atoms with Crippen LogP contribution < -0.4 is 56.8 Å². The first-order valence-corrected chi connectivity index (χ1v) is 5.65. The number of rotatable bonds is 2. The Hall–Kier alpha value is -0.534. The van der Waals surface area contributed by atoms with E-state index < -0.39 is 17.2 Å². The predicted octanol–water partition coefficient (Wildman–Crippen LogP) is -0.710. The van der Waals surface area contributed by atoms with Crippen molar-refractivity contribution in [3.63, 3.8) is 0 Å². The molecule has 1 aromatic heterocycles. The Bertz CT molecular complexity index is 727. The number of carboxylic acids is 1. The fourth-order valence-corrected chi connectivity index (χ4v) is 2.13. The molecule has 0 bridgehead atoms. The van der Waals surface area contributed by atoms with Crippen LogP contribution in [0.1, 0.15) is 30.7 Å². The summed E-state index contributed by atoms with van der Waals surface area (Å²) in [7, 11) is 0. The van der Waals surface area contributed by atoms with Gasteiger partial charge in [0.2, 0.25) is 5.43 Å². The molecule has 1 fully saturated rings. The summed E-state index contributed by atoms with van der Waals surface area (Å²) in [6, 6.07) is 4.12. The molecule has 19 heavy (non-hydrogen) atoms. The SMILES string of the molecule is O=C(O)c1cn(C2CC2)c2ccc(F)cc2c1=O.[H-].[K+]. The van der Waals surface area contributed by atoms with E-state index in [2.05, 4.69) is 0 Å². The van der Waals surface area contributed by atoms with Crippen LogP contribution in [0.25, 0.3) is 10.9 Å². The number of fused-ring (bicyclic) bond motifs is 1. The number of carbonyl (C=O) groups is 1. The van der Waals surface area contributed by atoms with Gasteiger partial charge in [-0.2, -0.15) is 0 Å². The molecule has 0 radical (unpaired) electrons. The first-order chi connectivity index (χ1) is 8.58. The first kappa shape index (κ1) is 14.9. The van der Waals surface area contributed by atoms with Crippen LogP contribution in [-0.2, 0) is 0 Å². The number of aromatic nitrogens is 1. The summed E-state index contributed by atoms with van der Waals surface area (Å²) in [4.78, 5) is 23.0. The molecule has 0 spiro atoms. The van der Waals surface area contributed by atoms with Gasteiger partial charge in [-0.05, 0) is 31.0 Å². The van der Waals surface area contributed by atoms with E-state index in [-0.39, 0.29) is 69.8 Å². The summed E-state index contributed by atoms with van der Waals surface area (Å²) < 4.78 is 15.0. The van der Waals surface area contributed by atoms with Crippen molar-refractivity contribution in [3.05, 3.63) is 46.0 Å². The maximum Gasteiger partial charge on any atom is 1.00 e. The Morgan fingerprint density at radius 3 is 2.68 bits per heavy atom. The van der Waals surface area contributed by atoms with Crippen molar-refractivity contribution in [2.75, 3.05) is 0 Å². The summed E-state index contributed by atoms with van der Waals surface area (Å²) in [5.74, 6) is -1.81. The molecule has 0 amide bonds. The van der Waals surface area contributed by atoms with Gasteiger partial charge in [-0.25, -0.2) is 9.18 Å². The van der Waals surface area contributed by atoms with Crippen molar-refractivity contribution in [2.45, 2.75) is 18.9 Å². The predicted molar refractivity (Wildman–Crippen MR) is 64.5 cm³/mol. The summed E-state index contributed by atoms with van der Waals surface area (Å²) >= 11 is 0. The normalized spacial score (nSPS) is 14.2. The number of nitrogens with zero attached hydrogens (tertiary/aromatic N) is 1. The number of benzene rings is 1. The molecule has 1 saturated carbocycles. The van der Waals surface area contributed by atoms with Crippen LogP contribution >= 0.6 is 0 Å². The van der Waals surface area contributed by atoms with E-state index in [4.69, 9.17) is 5.11 Å². The summed E-state index contributed by atoms with van der Waals surface area (Å²) in [5.41, 5.74) is -0.345. The zero-order valence-corrected chi connectivity index (χ0v) is 13.5. The van der Waals surface area contributed by atoms with Gasteiger partial charge < -0.3 is 11.1 Å². The summed E-state index contributed by atoms with van der Waals surface area (Å²) in [5, 5.41) is 9.14. The van der Waals surface area contributed by atoms with E-state index in [0.717, 1.165) is 18.9 Å². The molecule has 1 heterocycles. The maximum absolute atomic E-state index is 13.2. The van der Waals surface area contributed by atoms with Gasteiger partial charge in [-0.3, -0.25) is 4.79 Å². The van der Waals surface area contributed by atoms with E-state index in [1.54, 1.807) is 4.57 Å². The van der Waals surface area contributed by atoms with Gasteiger partial charge in [0.1, 0.15) is 11.4 Å². The second kappa shape index (κ2) is 5.45. The molecule has 1 aromatic carbocycles. The maximum atomic E-state index is 13.2. The molecule has 1 N–H and O–H groups in total. The van der Waals surface area contributed by atoms with Crippen molar-refractivity contribution in [1.82, 2.24) is 4.57 Å². The van der Waals surface area contributed by atoms with Crippen molar-refractivity contribution in [1.29, 1.82) is 0 Å². The average Bonchev–Trinajstić information content (AvgIpc) is 3.14. The molecule has 94 valence electrons. The largest absolute Gasteiger partial charge is 1.00 e. The van der Waals surface area contributed by atoms with Gasteiger partial charge in [-0.1, -0.05) is 0 Å². The van der Waals surface area contributed by atoms with Crippen molar-refractivity contribution in [2.24, 2.45) is 0 Å². The minimum Gasteiger partial charge on any atom is -1.00 e. The molecule has 2 aromatic rings. The third kappa shape index (κ3) is 2.68. The average molecular weight is 287 g/mol. The quantitative estimate of drug-likeness (QED) is 0.742. The third-order valence-electron chi connectivity index (χ3n) is 3.16. The molecule has 4 nitrogen and oxygen atoms in total. The molecule has 1 aliphatic carbocycles. The van der Waals surface area contributed by atoms with Crippen LogP contribution in [0.15, 0.2) is 29.2 Å². The number of hydrogen-bond donors (Lipinski definition) is 1. The molecule has 1 aliphatic rings. The van der Waals surface area contributed by atoms with Crippen LogP contribution in [-0.4, -0.2) is 15.6 Å². The Balaban J connectivity index is 0.000001000. The number of halogens is 1. The number of hydrogen-bond acceptors (Lipinski definition) is 2. The summed E-state index contributed by atoms with van der Waals surface area (Å²) in [6.45, 7) is 0. The molecule has 0 unspecified atom stereocenters. The van der Waals surface area contributed by atoms with Gasteiger partial charge in [0.15, 0.2) is 0 Å². The molecular weight excluding hydrogens is 276 g/mol. The molecule has 3 rings (SSSR count). The zero-order chi connectivity index (χ0) is 12.9. The Morgan fingerprint density at radius 2 is 2.11 bits per heavy atom. The Morgan fingerprint density at radius 1 is 1.42 bits per heavy atom. The standard InChI is InChI=1S/C13H10FNO3.K.H/c14-7-1-4-11-9(5-7)12(16)10(13(17)18)6-15(11)8-2-3-8;;/h1,4-6,8H,2-3H2,(H,17,18);;/q;+1;-1. The minimum atomic E-state index is -1.28. The first-order valence-electron chi connectivity index (χ1n) is 5.65. The van der Waals surface area contributed by atoms with Crippen LogP contribution in [0.5, 0.6) is 0 Å². The van der Waals surface area contributed by atoms with Gasteiger partial charge in [0, 0.05) is 17.6 Å². The number of aromatic carboxylic acids is 1. The van der Waals surface area contributed by atoms with E-state index in [1.807, 2.05) is 0 Å². The molecule has 6 heteroatoms. The van der Waals surface area contributed by atoms with Crippen molar-refractivity contribution < 1.29 is 67.1 Å². The second-order valence-electron chi connectivity index (χ2n) is 4.48. The van der Waals surface area contributed by atoms with E-state index in [1.165, 1.54) is 18.3 Å². The van der Waals surface area contributed by atoms with Crippen molar-refractivity contribution >= 4 is 16.9 Å². The van der Waals surface area contributed by atoms with Crippen LogP contribution in [0.2, 0.25) is 0 Å². The Labute approximate surface area is 152 Å². The topological polar surface area (TPSA) is 59.3 Å².